The monoisotopic (exact) mass is 439 g/mol. The predicted molar refractivity (Wildman–Crippen MR) is 110 cm³/mol. The Morgan fingerprint density at radius 3 is 2.39 bits per heavy atom. The van der Waals surface area contributed by atoms with Crippen molar-refractivity contribution in [2.75, 3.05) is 26.1 Å². The lowest BCUT2D eigenvalue weighted by molar-refractivity contribution is -0.0426. The quantitative estimate of drug-likeness (QED) is 0.433. The maximum atomic E-state index is 11.7. The molecular formula is C18H37NO7SSi. The second kappa shape index (κ2) is 8.99. The Morgan fingerprint density at radius 2 is 1.93 bits per heavy atom. The minimum atomic E-state index is -3.52. The summed E-state index contributed by atoms with van der Waals surface area (Å²) >= 11 is 0. The number of nitrogens with zero attached hydrogens (tertiary/aromatic N) is 1. The summed E-state index contributed by atoms with van der Waals surface area (Å²) in [7, 11) is -5.50. The first-order chi connectivity index (χ1) is 12.5. The van der Waals surface area contributed by atoms with Gasteiger partial charge in [0.2, 0.25) is 0 Å². The SMILES string of the molecule is CC1(C)OCC(C[C@@H](CCOS(C)(=O)=O)CO[Si](C)(C)C(C)(C)C)N1C(=O)O. The summed E-state index contributed by atoms with van der Waals surface area (Å²) in [5.41, 5.74) is -0.884. The molecule has 2 atom stereocenters. The Balaban J connectivity index is 2.87. The molecule has 1 fully saturated rings. The Bertz CT molecular complexity index is 643. The first-order valence-electron chi connectivity index (χ1n) is 9.61. The number of ether oxygens (including phenoxy) is 1. The first kappa shape index (κ1) is 25.4. The van der Waals surface area contributed by atoms with Crippen LogP contribution in [0.4, 0.5) is 4.79 Å². The fourth-order valence-corrected chi connectivity index (χ4v) is 4.49. The van der Waals surface area contributed by atoms with E-state index in [2.05, 4.69) is 33.9 Å². The Morgan fingerprint density at radius 1 is 1.36 bits per heavy atom. The van der Waals surface area contributed by atoms with E-state index in [4.69, 9.17) is 13.3 Å². The van der Waals surface area contributed by atoms with Gasteiger partial charge < -0.3 is 14.3 Å². The summed E-state index contributed by atoms with van der Waals surface area (Å²) in [5, 5.41) is 9.65. The highest BCUT2D eigenvalue weighted by Crippen LogP contribution is 2.38. The maximum absolute atomic E-state index is 11.7. The molecule has 10 heteroatoms. The number of hydrogen-bond donors (Lipinski definition) is 1. The molecule has 0 spiro atoms. The molecule has 0 aromatic rings. The van der Waals surface area contributed by atoms with Crippen molar-refractivity contribution in [3.05, 3.63) is 0 Å². The lowest BCUT2D eigenvalue weighted by Gasteiger charge is -2.38. The van der Waals surface area contributed by atoms with Crippen molar-refractivity contribution >= 4 is 24.5 Å². The number of rotatable bonds is 9. The van der Waals surface area contributed by atoms with Crippen LogP contribution in [0.25, 0.3) is 0 Å². The van der Waals surface area contributed by atoms with E-state index in [0.29, 0.717) is 26.1 Å². The van der Waals surface area contributed by atoms with Crippen LogP contribution in [0.5, 0.6) is 0 Å². The van der Waals surface area contributed by atoms with Crippen LogP contribution in [0.2, 0.25) is 18.1 Å². The summed E-state index contributed by atoms with van der Waals surface area (Å²) in [6.45, 7) is 15.0. The van der Waals surface area contributed by atoms with E-state index in [0.717, 1.165) is 6.26 Å². The van der Waals surface area contributed by atoms with Gasteiger partial charge in [-0.05, 0) is 50.7 Å². The molecule has 1 rings (SSSR count). The smallest absolute Gasteiger partial charge is 0.409 e. The highest BCUT2D eigenvalue weighted by Gasteiger charge is 2.45. The van der Waals surface area contributed by atoms with Gasteiger partial charge in [-0.25, -0.2) is 4.79 Å². The van der Waals surface area contributed by atoms with E-state index in [1.165, 1.54) is 4.90 Å². The molecule has 0 aromatic heterocycles. The molecule has 1 N–H and O–H groups in total. The van der Waals surface area contributed by atoms with E-state index in [-0.39, 0.29) is 23.6 Å². The summed E-state index contributed by atoms with van der Waals surface area (Å²) in [4.78, 5) is 13.1. The third-order valence-electron chi connectivity index (χ3n) is 5.70. The predicted octanol–water partition coefficient (Wildman–Crippen LogP) is 3.50. The highest BCUT2D eigenvalue weighted by molar-refractivity contribution is 7.85. The van der Waals surface area contributed by atoms with Crippen molar-refractivity contribution < 1.29 is 31.7 Å². The van der Waals surface area contributed by atoms with Crippen molar-refractivity contribution in [2.45, 2.75) is 77.4 Å². The highest BCUT2D eigenvalue weighted by atomic mass is 32.2. The zero-order valence-corrected chi connectivity index (χ0v) is 20.3. The average molecular weight is 440 g/mol. The second-order valence-corrected chi connectivity index (χ2v) is 16.0. The molecule has 28 heavy (non-hydrogen) atoms. The Labute approximate surface area is 170 Å². The number of carbonyl (C=O) groups is 1. The van der Waals surface area contributed by atoms with Gasteiger partial charge in [-0.2, -0.15) is 8.42 Å². The topological polar surface area (TPSA) is 102 Å². The van der Waals surface area contributed by atoms with Gasteiger partial charge >= 0.3 is 6.09 Å². The van der Waals surface area contributed by atoms with Gasteiger partial charge in [-0.3, -0.25) is 9.08 Å². The van der Waals surface area contributed by atoms with Gasteiger partial charge in [-0.1, -0.05) is 20.8 Å². The van der Waals surface area contributed by atoms with E-state index in [1.54, 1.807) is 13.8 Å². The molecule has 8 nitrogen and oxygen atoms in total. The number of amides is 1. The van der Waals surface area contributed by atoms with Gasteiger partial charge in [0.05, 0.1) is 25.5 Å². The molecule has 1 aliphatic heterocycles. The van der Waals surface area contributed by atoms with Crippen LogP contribution >= 0.6 is 0 Å². The Hall–Kier alpha value is -0.683. The van der Waals surface area contributed by atoms with Crippen LogP contribution in [0.1, 0.15) is 47.5 Å². The van der Waals surface area contributed by atoms with Crippen LogP contribution in [0.15, 0.2) is 0 Å². The van der Waals surface area contributed by atoms with Gasteiger partial charge in [0.15, 0.2) is 8.32 Å². The molecule has 0 bridgehead atoms. The molecule has 1 aliphatic rings. The lowest BCUT2D eigenvalue weighted by Crippen LogP contribution is -2.48. The van der Waals surface area contributed by atoms with Crippen LogP contribution in [-0.4, -0.2) is 70.7 Å². The van der Waals surface area contributed by atoms with Crippen molar-refractivity contribution in [3.8, 4) is 0 Å². The summed E-state index contributed by atoms with van der Waals surface area (Å²) in [5.74, 6) is -0.0415. The average Bonchev–Trinajstić information content (AvgIpc) is 2.76. The van der Waals surface area contributed by atoms with Crippen molar-refractivity contribution in [1.82, 2.24) is 4.90 Å². The first-order valence-corrected chi connectivity index (χ1v) is 14.3. The molecular weight excluding hydrogens is 402 g/mol. The molecule has 0 radical (unpaired) electrons. The zero-order valence-electron chi connectivity index (χ0n) is 18.4. The molecule has 166 valence electrons. The molecule has 1 saturated heterocycles. The van der Waals surface area contributed by atoms with Crippen LogP contribution in [0.3, 0.4) is 0 Å². The van der Waals surface area contributed by atoms with E-state index < -0.39 is 30.3 Å². The fraction of sp³-hybridized carbons (Fsp3) is 0.944. The third-order valence-corrected chi connectivity index (χ3v) is 10.8. The number of carboxylic acid groups (broad SMARTS) is 1. The second-order valence-electron chi connectivity index (χ2n) is 9.55. The number of hydrogen-bond acceptors (Lipinski definition) is 6. The van der Waals surface area contributed by atoms with Crippen LogP contribution in [-0.2, 0) is 23.5 Å². The van der Waals surface area contributed by atoms with Crippen molar-refractivity contribution in [2.24, 2.45) is 5.92 Å². The maximum Gasteiger partial charge on any atom is 0.409 e. The van der Waals surface area contributed by atoms with E-state index >= 15 is 0 Å². The molecule has 1 heterocycles. The summed E-state index contributed by atoms with van der Waals surface area (Å²) < 4.78 is 39.5. The van der Waals surface area contributed by atoms with Gasteiger partial charge in [0, 0.05) is 6.61 Å². The van der Waals surface area contributed by atoms with Crippen molar-refractivity contribution in [1.29, 1.82) is 0 Å². The largest absolute Gasteiger partial charge is 0.465 e. The molecule has 1 amide bonds. The fourth-order valence-electron chi connectivity index (χ4n) is 3.01. The van der Waals surface area contributed by atoms with E-state index in [1.807, 2.05) is 0 Å². The molecule has 0 aliphatic carbocycles. The molecule has 1 unspecified atom stereocenters. The normalized spacial score (nSPS) is 21.7. The van der Waals surface area contributed by atoms with Crippen LogP contribution < -0.4 is 0 Å². The summed E-state index contributed by atoms with van der Waals surface area (Å²) in [6.07, 6.45) is 0.987. The van der Waals surface area contributed by atoms with E-state index in [9.17, 15) is 18.3 Å². The van der Waals surface area contributed by atoms with Crippen molar-refractivity contribution in [3.63, 3.8) is 0 Å². The minimum absolute atomic E-state index is 0.0415. The van der Waals surface area contributed by atoms with Gasteiger partial charge in [0.1, 0.15) is 5.72 Å². The van der Waals surface area contributed by atoms with Gasteiger partial charge in [-0.15, -0.1) is 0 Å². The molecule has 0 saturated carbocycles. The van der Waals surface area contributed by atoms with Crippen LogP contribution in [0, 0.1) is 5.92 Å². The van der Waals surface area contributed by atoms with Gasteiger partial charge in [0.25, 0.3) is 10.1 Å². The third kappa shape index (κ3) is 7.29. The zero-order chi connectivity index (χ0) is 22.0. The Kier molecular flexibility index (Phi) is 8.14. The minimum Gasteiger partial charge on any atom is -0.465 e. The standard InChI is InChI=1S/C18H37NO7SSi/c1-17(2,3)28(7,8)26-12-14(9-10-25-27(6,22)23)11-15-13-24-18(4,5)19(15)16(20)21/h14-15H,9-13H2,1-8H3,(H,20,21)/t14-,15?/m1/s1. The molecule has 0 aromatic carbocycles. The lowest BCUT2D eigenvalue weighted by atomic mass is 9.97. The summed E-state index contributed by atoms with van der Waals surface area (Å²) in [6, 6.07) is -0.307.